The van der Waals surface area contributed by atoms with E-state index in [1.54, 1.807) is 0 Å². The van der Waals surface area contributed by atoms with Crippen LogP contribution in [-0.2, 0) is 9.13 Å². The van der Waals surface area contributed by atoms with Crippen molar-refractivity contribution in [2.75, 3.05) is 6.54 Å². The van der Waals surface area contributed by atoms with Gasteiger partial charge in [0.05, 0.1) is 11.3 Å². The van der Waals surface area contributed by atoms with Crippen molar-refractivity contribution in [2.45, 2.75) is 36.6 Å². The van der Waals surface area contributed by atoms with Gasteiger partial charge in [-0.25, -0.2) is 0 Å². The zero-order valence-corrected chi connectivity index (χ0v) is 10.9. The van der Waals surface area contributed by atoms with Crippen LogP contribution in [0.3, 0.4) is 0 Å². The molecule has 0 radical (unpaired) electrons. The predicted molar refractivity (Wildman–Crippen MR) is 60.8 cm³/mol. The molecule has 0 spiro atoms. The summed E-state index contributed by atoms with van der Waals surface area (Å²) in [5.41, 5.74) is -2.43. The molecule has 0 aromatic heterocycles. The minimum atomic E-state index is -4.49. The van der Waals surface area contributed by atoms with Crippen LogP contribution in [0, 0.1) is 5.92 Å². The molecule has 1 aliphatic carbocycles. The lowest BCUT2D eigenvalue weighted by atomic mass is 9.94. The summed E-state index contributed by atoms with van der Waals surface area (Å²) < 4.78 is 22.8. The predicted octanol–water partition coefficient (Wildman–Crippen LogP) is -0.149. The molecule has 2 aliphatic rings. The third-order valence-electron chi connectivity index (χ3n) is 3.79. The molecule has 9 heteroatoms. The lowest BCUT2D eigenvalue weighted by Gasteiger charge is -2.31. The van der Waals surface area contributed by atoms with Crippen molar-refractivity contribution >= 4 is 15.2 Å². The number of fused-ring (bicyclic) bond motifs is 1. The van der Waals surface area contributed by atoms with Gasteiger partial charge in [0.25, 0.3) is 0 Å². The molecule has 1 saturated heterocycles. The Morgan fingerprint density at radius 2 is 1.71 bits per heavy atom. The van der Waals surface area contributed by atoms with E-state index in [4.69, 9.17) is 0 Å². The van der Waals surface area contributed by atoms with E-state index in [1.165, 1.54) is 0 Å². The SMILES string of the molecule is O=P(O)(O)C1CC2NCCCC2C1P(=O)(O)O. The fourth-order valence-corrected chi connectivity index (χ4v) is 6.73. The fraction of sp³-hybridized carbons (Fsp3) is 1.00. The molecule has 0 aromatic rings. The molecule has 4 atom stereocenters. The molecule has 7 nitrogen and oxygen atoms in total. The van der Waals surface area contributed by atoms with Gasteiger partial charge in [-0.2, -0.15) is 0 Å². The maximum Gasteiger partial charge on any atom is 0.329 e. The molecule has 2 rings (SSSR count). The van der Waals surface area contributed by atoms with Crippen LogP contribution in [0.5, 0.6) is 0 Å². The normalized spacial score (nSPS) is 39.1. The van der Waals surface area contributed by atoms with Gasteiger partial charge in [0.2, 0.25) is 0 Å². The average Bonchev–Trinajstić information content (AvgIpc) is 2.54. The van der Waals surface area contributed by atoms with Gasteiger partial charge in [0.1, 0.15) is 0 Å². The third kappa shape index (κ3) is 2.66. The first-order valence-corrected chi connectivity index (χ1v) is 8.91. The minimum Gasteiger partial charge on any atom is -0.324 e. The smallest absolute Gasteiger partial charge is 0.324 e. The fourth-order valence-electron chi connectivity index (χ4n) is 3.14. The number of hydrogen-bond acceptors (Lipinski definition) is 3. The zero-order chi connectivity index (χ0) is 12.8. The van der Waals surface area contributed by atoms with Gasteiger partial charge in [0.15, 0.2) is 0 Å². The highest BCUT2D eigenvalue weighted by atomic mass is 31.2. The highest BCUT2D eigenvalue weighted by Crippen LogP contribution is 2.63. The highest BCUT2D eigenvalue weighted by molar-refractivity contribution is 7.57. The largest absolute Gasteiger partial charge is 0.329 e. The van der Waals surface area contributed by atoms with E-state index < -0.39 is 26.5 Å². The molecule has 0 aromatic carbocycles. The van der Waals surface area contributed by atoms with Crippen LogP contribution in [0.1, 0.15) is 19.3 Å². The summed E-state index contributed by atoms with van der Waals surface area (Å²) >= 11 is 0. The molecule has 0 amide bonds. The Morgan fingerprint density at radius 1 is 1.06 bits per heavy atom. The molecule has 1 heterocycles. The molecular formula is C8H17NO6P2. The van der Waals surface area contributed by atoms with Crippen LogP contribution in [-0.4, -0.2) is 43.5 Å². The van der Waals surface area contributed by atoms with Gasteiger partial charge in [-0.3, -0.25) is 9.13 Å². The van der Waals surface area contributed by atoms with Crippen LogP contribution in [0.2, 0.25) is 0 Å². The monoisotopic (exact) mass is 285 g/mol. The van der Waals surface area contributed by atoms with E-state index in [-0.39, 0.29) is 18.4 Å². The summed E-state index contributed by atoms with van der Waals surface area (Å²) in [6, 6.07) is -0.181. The van der Waals surface area contributed by atoms with Gasteiger partial charge >= 0.3 is 15.2 Å². The first-order valence-electron chi connectivity index (χ1n) is 5.55. The van der Waals surface area contributed by atoms with Gasteiger partial charge in [-0.15, -0.1) is 0 Å². The molecule has 17 heavy (non-hydrogen) atoms. The molecule has 5 N–H and O–H groups in total. The number of hydrogen-bond donors (Lipinski definition) is 5. The zero-order valence-electron chi connectivity index (χ0n) is 9.14. The van der Waals surface area contributed by atoms with Crippen molar-refractivity contribution in [2.24, 2.45) is 5.92 Å². The van der Waals surface area contributed by atoms with Crippen LogP contribution < -0.4 is 5.32 Å². The quantitative estimate of drug-likeness (QED) is 0.446. The number of rotatable bonds is 2. The van der Waals surface area contributed by atoms with Crippen molar-refractivity contribution in [3.05, 3.63) is 0 Å². The first-order chi connectivity index (χ1) is 7.71. The Hall–Kier alpha value is 0.260. The van der Waals surface area contributed by atoms with Crippen LogP contribution in [0.25, 0.3) is 0 Å². The Balaban J connectivity index is 2.34. The second-order valence-corrected chi connectivity index (χ2v) is 8.45. The van der Waals surface area contributed by atoms with Crippen LogP contribution >= 0.6 is 15.2 Å². The van der Waals surface area contributed by atoms with E-state index >= 15 is 0 Å². The molecule has 1 saturated carbocycles. The maximum atomic E-state index is 11.5. The molecule has 2 fully saturated rings. The van der Waals surface area contributed by atoms with Crippen molar-refractivity contribution in [3.63, 3.8) is 0 Å². The molecule has 0 bridgehead atoms. The van der Waals surface area contributed by atoms with Gasteiger partial charge in [-0.1, -0.05) is 0 Å². The summed E-state index contributed by atoms with van der Waals surface area (Å²) in [5.74, 6) is -0.331. The van der Waals surface area contributed by atoms with E-state index in [0.717, 1.165) is 13.0 Å². The van der Waals surface area contributed by atoms with Crippen molar-refractivity contribution in [3.8, 4) is 0 Å². The average molecular weight is 285 g/mol. The lowest BCUT2D eigenvalue weighted by Crippen LogP contribution is -2.40. The van der Waals surface area contributed by atoms with E-state index in [9.17, 15) is 28.7 Å². The van der Waals surface area contributed by atoms with E-state index in [1.807, 2.05) is 0 Å². The molecule has 100 valence electrons. The molecule has 4 unspecified atom stereocenters. The minimum absolute atomic E-state index is 0.144. The standard InChI is InChI=1S/C8H17NO6P2/c10-16(11,12)7-4-6-5(2-1-3-9-6)8(7)17(13,14)15/h5-9H,1-4H2,(H2,10,11,12)(H2,13,14,15). The van der Waals surface area contributed by atoms with Gasteiger partial charge < -0.3 is 24.9 Å². The van der Waals surface area contributed by atoms with Crippen molar-refractivity contribution < 1.29 is 28.7 Å². The van der Waals surface area contributed by atoms with Gasteiger partial charge in [0, 0.05) is 6.04 Å². The van der Waals surface area contributed by atoms with Crippen LogP contribution in [0.15, 0.2) is 0 Å². The first kappa shape index (κ1) is 13.7. The Morgan fingerprint density at radius 3 is 2.24 bits per heavy atom. The number of nitrogens with one attached hydrogen (secondary N) is 1. The maximum absolute atomic E-state index is 11.5. The summed E-state index contributed by atoms with van der Waals surface area (Å²) in [6.45, 7) is 0.739. The lowest BCUT2D eigenvalue weighted by molar-refractivity contribution is 0.287. The Kier molecular flexibility index (Phi) is 3.56. The van der Waals surface area contributed by atoms with Crippen LogP contribution in [0.4, 0.5) is 0 Å². The van der Waals surface area contributed by atoms with E-state index in [2.05, 4.69) is 5.32 Å². The molecular weight excluding hydrogens is 268 g/mol. The summed E-state index contributed by atoms with van der Waals surface area (Å²) in [5, 5.41) is 3.10. The second kappa shape index (κ2) is 4.42. The summed E-state index contributed by atoms with van der Waals surface area (Å²) in [4.78, 5) is 37.1. The highest BCUT2D eigenvalue weighted by Gasteiger charge is 2.57. The Bertz CT molecular complexity index is 389. The third-order valence-corrected chi connectivity index (χ3v) is 6.94. The van der Waals surface area contributed by atoms with Gasteiger partial charge in [-0.05, 0) is 31.7 Å². The van der Waals surface area contributed by atoms with Crippen molar-refractivity contribution in [1.29, 1.82) is 0 Å². The van der Waals surface area contributed by atoms with E-state index in [0.29, 0.717) is 6.42 Å². The summed E-state index contributed by atoms with van der Waals surface area (Å²) in [6.07, 6.45) is 1.54. The number of piperidine rings is 1. The Labute approximate surface area is 98.9 Å². The molecule has 1 aliphatic heterocycles. The second-order valence-electron chi connectivity index (χ2n) is 4.84. The summed E-state index contributed by atoms with van der Waals surface area (Å²) in [7, 11) is -8.96. The topological polar surface area (TPSA) is 127 Å². The van der Waals surface area contributed by atoms with Crippen molar-refractivity contribution in [1.82, 2.24) is 5.32 Å².